The number of hydrogen-bond acceptors (Lipinski definition) is 5. The molecule has 0 aromatic rings. The van der Waals surface area contributed by atoms with E-state index in [9.17, 15) is 0 Å². The predicted octanol–water partition coefficient (Wildman–Crippen LogP) is 1.27. The van der Waals surface area contributed by atoms with Crippen LogP contribution in [0.2, 0.25) is 0 Å². The molecule has 5 nitrogen and oxygen atoms in total. The maximum absolute atomic E-state index is 9.10. The van der Waals surface area contributed by atoms with Gasteiger partial charge in [-0.2, -0.15) is 0 Å². The fraction of sp³-hybridized carbons (Fsp3) is 1.00. The number of methoxy groups -OCH3 is 1. The number of aliphatic hydroxyl groups excluding tert-OH is 1. The van der Waals surface area contributed by atoms with Crippen LogP contribution in [0.15, 0.2) is 0 Å². The van der Waals surface area contributed by atoms with Gasteiger partial charge in [-0.15, -0.1) is 0 Å². The average molecular weight is 250 g/mol. The van der Waals surface area contributed by atoms with E-state index in [0.717, 1.165) is 6.42 Å². The highest BCUT2D eigenvalue weighted by Gasteiger charge is 2.31. The Bertz CT molecular complexity index is 203. The van der Waals surface area contributed by atoms with Crippen LogP contribution in [0.4, 0.5) is 0 Å². The summed E-state index contributed by atoms with van der Waals surface area (Å²) in [6, 6.07) is 0. The summed E-state index contributed by atoms with van der Waals surface area (Å²) in [6.45, 7) is 7.89. The van der Waals surface area contributed by atoms with Gasteiger partial charge in [-0.25, -0.2) is 0 Å². The second-order valence-corrected chi connectivity index (χ2v) is 4.76. The third-order valence-electron chi connectivity index (χ3n) is 2.42. The molecule has 0 aromatic heterocycles. The van der Waals surface area contributed by atoms with Gasteiger partial charge >= 0.3 is 0 Å². The summed E-state index contributed by atoms with van der Waals surface area (Å²) in [7, 11) is 1.51. The molecule has 1 heterocycles. The molecule has 1 rings (SSSR count). The molecule has 1 aliphatic heterocycles. The average Bonchev–Trinajstić information content (AvgIpc) is 2.59. The molecule has 104 valence electrons. The molecule has 5 heteroatoms. The van der Waals surface area contributed by atoms with Gasteiger partial charge < -0.3 is 24.4 Å². The quantitative estimate of drug-likeness (QED) is 0.735. The van der Waals surface area contributed by atoms with Crippen LogP contribution in [-0.2, 0) is 14.2 Å². The van der Waals surface area contributed by atoms with Crippen molar-refractivity contribution < 1.29 is 24.4 Å². The summed E-state index contributed by atoms with van der Waals surface area (Å²) in [5.74, 6) is -1.40. The van der Waals surface area contributed by atoms with Crippen LogP contribution in [0.1, 0.15) is 40.5 Å². The lowest BCUT2D eigenvalue weighted by Gasteiger charge is -2.19. The number of aliphatic hydroxyl groups is 2. The molecule has 2 unspecified atom stereocenters. The lowest BCUT2D eigenvalue weighted by atomic mass is 10.2. The maximum Gasteiger partial charge on any atom is 0.163 e. The van der Waals surface area contributed by atoms with Crippen LogP contribution in [0.3, 0.4) is 0 Å². The van der Waals surface area contributed by atoms with E-state index in [2.05, 4.69) is 0 Å². The molecule has 1 fully saturated rings. The third-order valence-corrected chi connectivity index (χ3v) is 2.42. The van der Waals surface area contributed by atoms with Crippen molar-refractivity contribution in [1.29, 1.82) is 0 Å². The zero-order chi connectivity index (χ0) is 13.5. The standard InChI is InChI=1S/C6H12O3.C6H14O2/c1-6(2)8-4-5(3-7)9-6;1-4-5-6(2,7)8-3/h5,7H,3-4H2,1-2H3;7H,4-5H2,1-3H3. The first-order valence-corrected chi connectivity index (χ1v) is 5.96. The van der Waals surface area contributed by atoms with E-state index in [1.807, 2.05) is 20.8 Å². The van der Waals surface area contributed by atoms with Crippen molar-refractivity contribution in [2.45, 2.75) is 58.2 Å². The first-order chi connectivity index (χ1) is 7.76. The summed E-state index contributed by atoms with van der Waals surface area (Å²) in [5.41, 5.74) is 0. The van der Waals surface area contributed by atoms with E-state index in [1.165, 1.54) is 7.11 Å². The zero-order valence-electron chi connectivity index (χ0n) is 11.5. The highest BCUT2D eigenvalue weighted by Crippen LogP contribution is 2.21. The molecule has 0 radical (unpaired) electrons. The predicted molar refractivity (Wildman–Crippen MR) is 64.5 cm³/mol. The van der Waals surface area contributed by atoms with Crippen LogP contribution < -0.4 is 0 Å². The molecule has 1 saturated heterocycles. The molecule has 0 saturated carbocycles. The van der Waals surface area contributed by atoms with Gasteiger partial charge in [0.15, 0.2) is 11.6 Å². The molecule has 0 amide bonds. The Labute approximate surface area is 104 Å². The zero-order valence-corrected chi connectivity index (χ0v) is 11.5. The minimum absolute atomic E-state index is 0.0451. The van der Waals surface area contributed by atoms with Gasteiger partial charge in [-0.1, -0.05) is 13.3 Å². The van der Waals surface area contributed by atoms with Crippen LogP contribution in [-0.4, -0.2) is 48.2 Å². The lowest BCUT2D eigenvalue weighted by Crippen LogP contribution is -2.25. The van der Waals surface area contributed by atoms with E-state index >= 15 is 0 Å². The first-order valence-electron chi connectivity index (χ1n) is 5.96. The van der Waals surface area contributed by atoms with Crippen LogP contribution in [0, 0.1) is 0 Å². The molecular formula is C12H26O5. The van der Waals surface area contributed by atoms with Gasteiger partial charge in [0.1, 0.15) is 6.10 Å². The smallest absolute Gasteiger partial charge is 0.163 e. The van der Waals surface area contributed by atoms with Crippen LogP contribution in [0.25, 0.3) is 0 Å². The van der Waals surface area contributed by atoms with Crippen LogP contribution >= 0.6 is 0 Å². The topological polar surface area (TPSA) is 68.2 Å². The molecular weight excluding hydrogens is 224 g/mol. The normalized spacial score (nSPS) is 25.9. The van der Waals surface area contributed by atoms with Gasteiger partial charge in [0.05, 0.1) is 13.2 Å². The van der Waals surface area contributed by atoms with Gasteiger partial charge in [-0.05, 0) is 20.8 Å². The molecule has 1 aliphatic rings. The summed E-state index contributed by atoms with van der Waals surface area (Å²) < 4.78 is 15.1. The van der Waals surface area contributed by atoms with Gasteiger partial charge in [0.25, 0.3) is 0 Å². The molecule has 0 aromatic carbocycles. The SMILES string of the molecule is CC1(C)OCC(CO)O1.CCCC(C)(O)OC. The monoisotopic (exact) mass is 250 g/mol. The second-order valence-electron chi connectivity index (χ2n) is 4.76. The summed E-state index contributed by atoms with van der Waals surface area (Å²) in [4.78, 5) is 0. The Morgan fingerprint density at radius 1 is 1.47 bits per heavy atom. The Kier molecular flexibility index (Phi) is 7.20. The molecule has 17 heavy (non-hydrogen) atoms. The number of ether oxygens (including phenoxy) is 3. The van der Waals surface area contributed by atoms with Gasteiger partial charge in [0.2, 0.25) is 0 Å². The Hall–Kier alpha value is -0.200. The summed E-state index contributed by atoms with van der Waals surface area (Å²) in [5, 5.41) is 17.7. The summed E-state index contributed by atoms with van der Waals surface area (Å²) in [6.07, 6.45) is 1.52. The van der Waals surface area contributed by atoms with Crippen molar-refractivity contribution in [1.82, 2.24) is 0 Å². The Morgan fingerprint density at radius 3 is 2.24 bits per heavy atom. The van der Waals surface area contributed by atoms with Crippen molar-refractivity contribution in [3.05, 3.63) is 0 Å². The lowest BCUT2D eigenvalue weighted by molar-refractivity contribution is -0.174. The Morgan fingerprint density at radius 2 is 2.06 bits per heavy atom. The molecule has 0 spiro atoms. The van der Waals surface area contributed by atoms with Gasteiger partial charge in [-0.3, -0.25) is 0 Å². The fourth-order valence-corrected chi connectivity index (χ4v) is 1.42. The first kappa shape index (κ1) is 16.8. The minimum atomic E-state index is -0.908. The van der Waals surface area contributed by atoms with Crippen molar-refractivity contribution in [2.24, 2.45) is 0 Å². The largest absolute Gasteiger partial charge is 0.394 e. The molecule has 0 aliphatic carbocycles. The van der Waals surface area contributed by atoms with Crippen molar-refractivity contribution >= 4 is 0 Å². The van der Waals surface area contributed by atoms with Gasteiger partial charge in [0, 0.05) is 13.5 Å². The molecule has 2 N–H and O–H groups in total. The van der Waals surface area contributed by atoms with Crippen molar-refractivity contribution in [3.63, 3.8) is 0 Å². The Balaban J connectivity index is 0.000000304. The highest BCUT2D eigenvalue weighted by molar-refractivity contribution is 4.69. The van der Waals surface area contributed by atoms with E-state index in [0.29, 0.717) is 13.0 Å². The molecule has 2 atom stereocenters. The van der Waals surface area contributed by atoms with Crippen molar-refractivity contribution in [3.8, 4) is 0 Å². The second kappa shape index (κ2) is 7.28. The third kappa shape index (κ3) is 7.68. The maximum atomic E-state index is 9.10. The number of hydrogen-bond donors (Lipinski definition) is 2. The fourth-order valence-electron chi connectivity index (χ4n) is 1.42. The van der Waals surface area contributed by atoms with E-state index in [4.69, 9.17) is 24.4 Å². The summed E-state index contributed by atoms with van der Waals surface area (Å²) >= 11 is 0. The minimum Gasteiger partial charge on any atom is -0.394 e. The highest BCUT2D eigenvalue weighted by atomic mass is 16.7. The van der Waals surface area contributed by atoms with E-state index in [1.54, 1.807) is 6.92 Å². The van der Waals surface area contributed by atoms with E-state index < -0.39 is 11.6 Å². The van der Waals surface area contributed by atoms with Crippen molar-refractivity contribution in [2.75, 3.05) is 20.3 Å². The van der Waals surface area contributed by atoms with E-state index in [-0.39, 0.29) is 12.7 Å². The number of rotatable bonds is 4. The van der Waals surface area contributed by atoms with Crippen LogP contribution in [0.5, 0.6) is 0 Å². The molecule has 0 bridgehead atoms.